The van der Waals surface area contributed by atoms with Crippen LogP contribution in [0, 0.1) is 5.92 Å². The van der Waals surface area contributed by atoms with E-state index in [2.05, 4.69) is 17.6 Å². The average Bonchev–Trinajstić information content (AvgIpc) is 2.56. The van der Waals surface area contributed by atoms with Crippen LogP contribution >= 0.6 is 12.2 Å². The number of benzene rings is 1. The van der Waals surface area contributed by atoms with Crippen LogP contribution in [0.5, 0.6) is 5.75 Å². The predicted octanol–water partition coefficient (Wildman–Crippen LogP) is 4.26. The lowest BCUT2D eigenvalue weighted by Gasteiger charge is -2.21. The van der Waals surface area contributed by atoms with Crippen molar-refractivity contribution in [2.24, 2.45) is 5.92 Å². The maximum Gasteiger partial charge on any atom is 0.229 e. The van der Waals surface area contributed by atoms with Crippen LogP contribution in [0.1, 0.15) is 51.9 Å². The van der Waals surface area contributed by atoms with Crippen molar-refractivity contribution in [2.75, 3.05) is 11.9 Å². The number of nitrogens with one attached hydrogen (secondary N) is 2. The van der Waals surface area contributed by atoms with Crippen LogP contribution in [-0.4, -0.2) is 17.6 Å². The minimum Gasteiger partial charge on any atom is -0.494 e. The summed E-state index contributed by atoms with van der Waals surface area (Å²) in [5.74, 6) is 0.953. The van der Waals surface area contributed by atoms with Gasteiger partial charge in [-0.05, 0) is 43.6 Å². The first kappa shape index (κ1) is 17.7. The topological polar surface area (TPSA) is 50.4 Å². The normalized spacial score (nSPS) is 15.0. The van der Waals surface area contributed by atoms with E-state index in [9.17, 15) is 4.79 Å². The zero-order valence-corrected chi connectivity index (χ0v) is 14.6. The highest BCUT2D eigenvalue weighted by molar-refractivity contribution is 7.80. The molecule has 5 heteroatoms. The van der Waals surface area contributed by atoms with E-state index in [1.807, 2.05) is 24.3 Å². The molecular formula is C18H26N2O2S. The molecule has 0 atom stereocenters. The van der Waals surface area contributed by atoms with Gasteiger partial charge in [-0.2, -0.15) is 0 Å². The summed E-state index contributed by atoms with van der Waals surface area (Å²) < 4.78 is 5.67. The summed E-state index contributed by atoms with van der Waals surface area (Å²) in [6.07, 6.45) is 7.58. The molecule has 1 aromatic carbocycles. The summed E-state index contributed by atoms with van der Waals surface area (Å²) in [5.41, 5.74) is 0.827. The van der Waals surface area contributed by atoms with Gasteiger partial charge < -0.3 is 15.4 Å². The fourth-order valence-electron chi connectivity index (χ4n) is 2.74. The van der Waals surface area contributed by atoms with E-state index in [1.54, 1.807) is 0 Å². The number of carbonyl (C=O) groups excluding carboxylic acids is 1. The van der Waals surface area contributed by atoms with Gasteiger partial charge in [-0.1, -0.05) is 38.7 Å². The minimum absolute atomic E-state index is 0.0394. The Kier molecular flexibility index (Phi) is 7.33. The lowest BCUT2D eigenvalue weighted by atomic mass is 9.89. The molecule has 0 aliphatic heterocycles. The Morgan fingerprint density at radius 1 is 1.30 bits per heavy atom. The Labute approximate surface area is 144 Å². The Morgan fingerprint density at radius 2 is 2.09 bits per heavy atom. The van der Waals surface area contributed by atoms with Crippen LogP contribution in [0.15, 0.2) is 24.3 Å². The van der Waals surface area contributed by atoms with Crippen molar-refractivity contribution in [3.05, 3.63) is 24.3 Å². The van der Waals surface area contributed by atoms with Crippen molar-refractivity contribution in [2.45, 2.75) is 51.9 Å². The van der Waals surface area contributed by atoms with E-state index < -0.39 is 0 Å². The van der Waals surface area contributed by atoms with Gasteiger partial charge in [0.25, 0.3) is 0 Å². The SMILES string of the molecule is CCCCOc1cccc(NC(=S)NC(=O)C2CCCCC2)c1. The molecule has 0 unspecified atom stereocenters. The summed E-state index contributed by atoms with van der Waals surface area (Å²) in [5, 5.41) is 6.23. The summed E-state index contributed by atoms with van der Waals surface area (Å²) in [7, 11) is 0. The molecule has 2 rings (SSSR count). The van der Waals surface area contributed by atoms with E-state index >= 15 is 0 Å². The molecule has 1 amide bonds. The molecule has 2 N–H and O–H groups in total. The third kappa shape index (κ3) is 6.18. The standard InChI is InChI=1S/C18H26N2O2S/c1-2-3-12-22-16-11-7-10-15(13-16)19-18(23)20-17(21)14-8-5-4-6-9-14/h7,10-11,13-14H,2-6,8-9,12H2,1H3,(H2,19,20,21,23). The van der Waals surface area contributed by atoms with Crippen LogP contribution in [0.4, 0.5) is 5.69 Å². The molecule has 1 aromatic rings. The second-order valence-corrected chi connectivity index (χ2v) is 6.42. The second-order valence-electron chi connectivity index (χ2n) is 6.01. The minimum atomic E-state index is 0.0394. The molecule has 0 bridgehead atoms. The highest BCUT2D eigenvalue weighted by Gasteiger charge is 2.21. The van der Waals surface area contributed by atoms with Crippen LogP contribution in [0.3, 0.4) is 0 Å². The molecule has 1 aliphatic carbocycles. The van der Waals surface area contributed by atoms with Crippen molar-refractivity contribution in [3.8, 4) is 5.75 Å². The third-order valence-electron chi connectivity index (χ3n) is 4.07. The van der Waals surface area contributed by atoms with E-state index in [0.29, 0.717) is 11.7 Å². The first-order valence-electron chi connectivity index (χ1n) is 8.53. The molecule has 1 aliphatic rings. The average molecular weight is 334 g/mol. The molecular weight excluding hydrogens is 308 g/mol. The molecule has 0 spiro atoms. The van der Waals surface area contributed by atoms with Crippen LogP contribution in [0.2, 0.25) is 0 Å². The number of rotatable bonds is 6. The summed E-state index contributed by atoms with van der Waals surface area (Å²) in [6, 6.07) is 7.64. The van der Waals surface area contributed by atoms with Gasteiger partial charge in [0.1, 0.15) is 5.75 Å². The molecule has 0 saturated heterocycles. The molecule has 4 nitrogen and oxygen atoms in total. The van der Waals surface area contributed by atoms with E-state index in [4.69, 9.17) is 17.0 Å². The van der Waals surface area contributed by atoms with Crippen molar-refractivity contribution in [1.82, 2.24) is 5.32 Å². The highest BCUT2D eigenvalue weighted by Crippen LogP contribution is 2.23. The Hall–Kier alpha value is -1.62. The summed E-state index contributed by atoms with van der Waals surface area (Å²) >= 11 is 5.25. The Morgan fingerprint density at radius 3 is 2.83 bits per heavy atom. The maximum absolute atomic E-state index is 12.2. The monoisotopic (exact) mass is 334 g/mol. The first-order chi connectivity index (χ1) is 11.2. The summed E-state index contributed by atoms with van der Waals surface area (Å²) in [4.78, 5) is 12.2. The number of anilines is 1. The zero-order valence-electron chi connectivity index (χ0n) is 13.8. The number of carbonyl (C=O) groups is 1. The fraction of sp³-hybridized carbons (Fsp3) is 0.556. The van der Waals surface area contributed by atoms with E-state index in [0.717, 1.165) is 50.0 Å². The maximum atomic E-state index is 12.2. The number of hydrogen-bond donors (Lipinski definition) is 2. The van der Waals surface area contributed by atoms with Crippen LogP contribution in [0.25, 0.3) is 0 Å². The van der Waals surface area contributed by atoms with Gasteiger partial charge in [0.05, 0.1) is 6.61 Å². The molecule has 1 saturated carbocycles. The smallest absolute Gasteiger partial charge is 0.229 e. The van der Waals surface area contributed by atoms with Crippen LogP contribution in [-0.2, 0) is 4.79 Å². The molecule has 126 valence electrons. The number of amides is 1. The van der Waals surface area contributed by atoms with Crippen LogP contribution < -0.4 is 15.4 Å². The van der Waals surface area contributed by atoms with Gasteiger partial charge in [0.2, 0.25) is 5.91 Å². The van der Waals surface area contributed by atoms with Gasteiger partial charge >= 0.3 is 0 Å². The Bertz CT molecular complexity index is 528. The quantitative estimate of drug-likeness (QED) is 0.603. The lowest BCUT2D eigenvalue weighted by Crippen LogP contribution is -2.38. The number of ether oxygens (including phenoxy) is 1. The predicted molar refractivity (Wildman–Crippen MR) is 97.8 cm³/mol. The van der Waals surface area contributed by atoms with Gasteiger partial charge in [-0.3, -0.25) is 4.79 Å². The van der Waals surface area contributed by atoms with Gasteiger partial charge in [-0.15, -0.1) is 0 Å². The van der Waals surface area contributed by atoms with E-state index in [-0.39, 0.29) is 11.8 Å². The third-order valence-corrected chi connectivity index (χ3v) is 4.28. The number of hydrogen-bond acceptors (Lipinski definition) is 3. The zero-order chi connectivity index (χ0) is 16.5. The largest absolute Gasteiger partial charge is 0.494 e. The van der Waals surface area contributed by atoms with Crippen molar-refractivity contribution >= 4 is 28.9 Å². The highest BCUT2D eigenvalue weighted by atomic mass is 32.1. The van der Waals surface area contributed by atoms with Gasteiger partial charge in [0.15, 0.2) is 5.11 Å². The fourth-order valence-corrected chi connectivity index (χ4v) is 2.96. The first-order valence-corrected chi connectivity index (χ1v) is 8.94. The lowest BCUT2D eigenvalue weighted by molar-refractivity contribution is -0.124. The number of unbranched alkanes of at least 4 members (excludes halogenated alkanes) is 1. The Balaban J connectivity index is 1.82. The van der Waals surface area contributed by atoms with E-state index in [1.165, 1.54) is 6.42 Å². The number of thiocarbonyl (C=S) groups is 1. The van der Waals surface area contributed by atoms with Crippen molar-refractivity contribution < 1.29 is 9.53 Å². The van der Waals surface area contributed by atoms with Crippen molar-refractivity contribution in [3.63, 3.8) is 0 Å². The molecule has 23 heavy (non-hydrogen) atoms. The van der Waals surface area contributed by atoms with Gasteiger partial charge in [0, 0.05) is 17.7 Å². The second kappa shape index (κ2) is 9.50. The summed E-state index contributed by atoms with van der Waals surface area (Å²) in [6.45, 7) is 2.84. The van der Waals surface area contributed by atoms with Gasteiger partial charge in [-0.25, -0.2) is 0 Å². The molecule has 0 heterocycles. The molecule has 0 aromatic heterocycles. The molecule has 0 radical (unpaired) electrons. The molecule has 1 fully saturated rings. The van der Waals surface area contributed by atoms with Crippen molar-refractivity contribution in [1.29, 1.82) is 0 Å².